The van der Waals surface area contributed by atoms with Gasteiger partial charge in [-0.2, -0.15) is 13.2 Å². The van der Waals surface area contributed by atoms with Gasteiger partial charge >= 0.3 is 6.18 Å². The van der Waals surface area contributed by atoms with E-state index >= 15 is 0 Å². The lowest BCUT2D eigenvalue weighted by Gasteiger charge is -2.30. The highest BCUT2D eigenvalue weighted by Crippen LogP contribution is 2.41. The maximum atomic E-state index is 13.5. The van der Waals surface area contributed by atoms with Crippen molar-refractivity contribution in [2.45, 2.75) is 25.1 Å². The molecule has 7 nitrogen and oxygen atoms in total. The van der Waals surface area contributed by atoms with E-state index in [1.807, 2.05) is 6.92 Å². The van der Waals surface area contributed by atoms with Crippen LogP contribution in [-0.2, 0) is 22.2 Å². The van der Waals surface area contributed by atoms with Crippen LogP contribution < -0.4 is 5.32 Å². The Morgan fingerprint density at radius 1 is 1.25 bits per heavy atom. The smallest absolute Gasteiger partial charge is 0.374 e. The Balaban J connectivity index is 2.07. The molecule has 0 saturated heterocycles. The number of nitrogens with zero attached hydrogens (tertiary/aromatic N) is 3. The van der Waals surface area contributed by atoms with Crippen LogP contribution in [0.5, 0.6) is 0 Å². The molecule has 0 aliphatic carbocycles. The SMILES string of the molecule is Cc1ccc(NC(=O)CN(C)C(=O)CC(O)(c2nccn2C)C(F)(F)F)cc1. The first-order valence-corrected chi connectivity index (χ1v) is 8.31. The summed E-state index contributed by atoms with van der Waals surface area (Å²) in [7, 11) is 2.47. The number of halogens is 3. The van der Waals surface area contributed by atoms with Crippen LogP contribution in [0.4, 0.5) is 18.9 Å². The van der Waals surface area contributed by atoms with Gasteiger partial charge in [0, 0.05) is 32.2 Å². The molecule has 1 unspecified atom stereocenters. The van der Waals surface area contributed by atoms with Crippen LogP contribution in [0.1, 0.15) is 17.8 Å². The molecule has 0 saturated carbocycles. The van der Waals surface area contributed by atoms with E-state index in [9.17, 15) is 27.9 Å². The first-order chi connectivity index (χ1) is 12.9. The fourth-order valence-electron chi connectivity index (χ4n) is 2.56. The van der Waals surface area contributed by atoms with Crippen LogP contribution >= 0.6 is 0 Å². The highest BCUT2D eigenvalue weighted by Gasteiger charge is 2.58. The third-order valence-corrected chi connectivity index (χ3v) is 4.21. The predicted octanol–water partition coefficient (Wildman–Crippen LogP) is 1.97. The van der Waals surface area contributed by atoms with E-state index in [4.69, 9.17) is 0 Å². The van der Waals surface area contributed by atoms with Crippen molar-refractivity contribution in [2.24, 2.45) is 7.05 Å². The van der Waals surface area contributed by atoms with Crippen LogP contribution in [0, 0.1) is 6.92 Å². The van der Waals surface area contributed by atoms with Crippen molar-refractivity contribution in [1.82, 2.24) is 14.5 Å². The van der Waals surface area contributed by atoms with Crippen molar-refractivity contribution in [3.05, 3.63) is 48.0 Å². The minimum atomic E-state index is -5.13. The van der Waals surface area contributed by atoms with E-state index in [1.54, 1.807) is 24.3 Å². The molecule has 2 N–H and O–H groups in total. The maximum Gasteiger partial charge on any atom is 0.425 e. The molecule has 1 atom stereocenters. The molecule has 1 heterocycles. The summed E-state index contributed by atoms with van der Waals surface area (Å²) in [6.07, 6.45) is -4.10. The van der Waals surface area contributed by atoms with Gasteiger partial charge in [-0.05, 0) is 19.1 Å². The van der Waals surface area contributed by atoms with Gasteiger partial charge in [-0.15, -0.1) is 0 Å². The van der Waals surface area contributed by atoms with Gasteiger partial charge in [0.15, 0.2) is 5.82 Å². The molecule has 1 aromatic heterocycles. The number of anilines is 1. The van der Waals surface area contributed by atoms with Crippen molar-refractivity contribution in [3.8, 4) is 0 Å². The minimum absolute atomic E-state index is 0.471. The highest BCUT2D eigenvalue weighted by molar-refractivity contribution is 5.94. The summed E-state index contributed by atoms with van der Waals surface area (Å²) in [4.78, 5) is 28.7. The molecule has 1 aromatic carbocycles. The van der Waals surface area contributed by atoms with Gasteiger partial charge in [-0.1, -0.05) is 17.7 Å². The van der Waals surface area contributed by atoms with E-state index in [0.717, 1.165) is 21.2 Å². The van der Waals surface area contributed by atoms with E-state index < -0.39 is 42.4 Å². The minimum Gasteiger partial charge on any atom is -0.374 e. The molecule has 0 aliphatic heterocycles. The number of benzene rings is 1. The van der Waals surface area contributed by atoms with Crippen LogP contribution in [0.15, 0.2) is 36.7 Å². The molecule has 0 spiro atoms. The molecule has 0 aliphatic rings. The number of rotatable bonds is 6. The molecular formula is C18H21F3N4O3. The Morgan fingerprint density at radius 2 is 1.86 bits per heavy atom. The largest absolute Gasteiger partial charge is 0.425 e. The summed E-state index contributed by atoms with van der Waals surface area (Å²) < 4.78 is 41.5. The molecule has 0 fully saturated rings. The Bertz CT molecular complexity index is 849. The second-order valence-corrected chi connectivity index (χ2v) is 6.56. The summed E-state index contributed by atoms with van der Waals surface area (Å²) in [5.74, 6) is -2.33. The summed E-state index contributed by atoms with van der Waals surface area (Å²) in [6.45, 7) is 1.41. The first-order valence-electron chi connectivity index (χ1n) is 8.31. The number of hydrogen-bond donors (Lipinski definition) is 2. The highest BCUT2D eigenvalue weighted by atomic mass is 19.4. The van der Waals surface area contributed by atoms with E-state index in [0.29, 0.717) is 5.69 Å². The van der Waals surface area contributed by atoms with Gasteiger partial charge in [0.2, 0.25) is 17.4 Å². The lowest BCUT2D eigenvalue weighted by Crippen LogP contribution is -2.48. The van der Waals surface area contributed by atoms with Gasteiger partial charge in [-0.3, -0.25) is 9.59 Å². The average molecular weight is 398 g/mol. The fourth-order valence-corrected chi connectivity index (χ4v) is 2.56. The van der Waals surface area contributed by atoms with Crippen molar-refractivity contribution >= 4 is 17.5 Å². The zero-order chi connectivity index (χ0) is 21.1. The summed E-state index contributed by atoms with van der Waals surface area (Å²) in [5.41, 5.74) is -1.98. The van der Waals surface area contributed by atoms with Crippen molar-refractivity contribution in [2.75, 3.05) is 18.9 Å². The maximum absolute atomic E-state index is 13.5. The Hall–Kier alpha value is -2.88. The Kier molecular flexibility index (Phi) is 6.13. The second-order valence-electron chi connectivity index (χ2n) is 6.56. The van der Waals surface area contributed by atoms with Gasteiger partial charge in [0.05, 0.1) is 13.0 Å². The first kappa shape index (κ1) is 21.4. The molecule has 0 bridgehead atoms. The standard InChI is InChI=1S/C18H21F3N4O3/c1-12-4-6-13(7-5-12)23-14(26)11-25(3)15(27)10-17(28,18(19,20)21)16-22-8-9-24(16)2/h4-9,28H,10-11H2,1-3H3,(H,23,26). The molecule has 2 rings (SSSR count). The lowest BCUT2D eigenvalue weighted by atomic mass is 9.96. The Morgan fingerprint density at radius 3 is 2.36 bits per heavy atom. The number of aliphatic hydroxyl groups is 1. The molecule has 10 heteroatoms. The number of aromatic nitrogens is 2. The van der Waals surface area contributed by atoms with Gasteiger partial charge in [-0.25, -0.2) is 4.98 Å². The number of carbonyl (C=O) groups excluding carboxylic acids is 2. The van der Waals surface area contributed by atoms with E-state index in [-0.39, 0.29) is 0 Å². The summed E-state index contributed by atoms with van der Waals surface area (Å²) >= 11 is 0. The zero-order valence-electron chi connectivity index (χ0n) is 15.6. The molecule has 0 radical (unpaired) electrons. The van der Waals surface area contributed by atoms with Crippen molar-refractivity contribution < 1.29 is 27.9 Å². The fraction of sp³-hybridized carbons (Fsp3) is 0.389. The number of imidazole rings is 1. The van der Waals surface area contributed by atoms with Crippen molar-refractivity contribution in [1.29, 1.82) is 0 Å². The van der Waals surface area contributed by atoms with Crippen molar-refractivity contribution in [3.63, 3.8) is 0 Å². The lowest BCUT2D eigenvalue weighted by molar-refractivity contribution is -0.271. The topological polar surface area (TPSA) is 87.5 Å². The van der Waals surface area contributed by atoms with Crippen LogP contribution in [0.3, 0.4) is 0 Å². The monoisotopic (exact) mass is 398 g/mol. The quantitative estimate of drug-likeness (QED) is 0.779. The van der Waals surface area contributed by atoms with Gasteiger partial charge in [0.25, 0.3) is 0 Å². The van der Waals surface area contributed by atoms with Gasteiger partial charge < -0.3 is 19.9 Å². The van der Waals surface area contributed by atoms with Crippen LogP contribution in [0.25, 0.3) is 0 Å². The second kappa shape index (κ2) is 8.01. The van der Waals surface area contributed by atoms with E-state index in [1.165, 1.54) is 20.3 Å². The van der Waals surface area contributed by atoms with E-state index in [2.05, 4.69) is 10.3 Å². The third kappa shape index (κ3) is 4.69. The number of carbonyl (C=O) groups is 2. The number of amides is 2. The third-order valence-electron chi connectivity index (χ3n) is 4.21. The molecule has 152 valence electrons. The number of nitrogens with one attached hydrogen (secondary N) is 1. The molecule has 28 heavy (non-hydrogen) atoms. The summed E-state index contributed by atoms with van der Waals surface area (Å²) in [5, 5.41) is 12.8. The van der Waals surface area contributed by atoms with Crippen LogP contribution in [0.2, 0.25) is 0 Å². The normalized spacial score (nSPS) is 13.7. The number of alkyl halides is 3. The van der Waals surface area contributed by atoms with Crippen LogP contribution in [-0.4, -0.2) is 51.1 Å². The number of likely N-dealkylation sites (N-methyl/N-ethyl adjacent to an activating group) is 1. The average Bonchev–Trinajstić information content (AvgIpc) is 3.02. The number of hydrogen-bond acceptors (Lipinski definition) is 4. The van der Waals surface area contributed by atoms with Gasteiger partial charge in [0.1, 0.15) is 0 Å². The Labute approximate surface area is 159 Å². The number of aryl methyl sites for hydroxylation is 2. The summed E-state index contributed by atoms with van der Waals surface area (Å²) in [6, 6.07) is 6.89. The molecule has 2 aromatic rings. The predicted molar refractivity (Wildman–Crippen MR) is 95.2 cm³/mol. The molecular weight excluding hydrogens is 377 g/mol. The zero-order valence-corrected chi connectivity index (χ0v) is 15.6. The molecule has 2 amide bonds.